The summed E-state index contributed by atoms with van der Waals surface area (Å²) >= 11 is 10.7. The second-order valence-electron chi connectivity index (χ2n) is 13.3. The van der Waals surface area contributed by atoms with Gasteiger partial charge >= 0.3 is 17.9 Å². The minimum absolute atomic E-state index is 0.0311. The lowest BCUT2D eigenvalue weighted by Crippen LogP contribution is -2.35. The number of benzene rings is 4. The Morgan fingerprint density at radius 2 is 1.64 bits per heavy atom. The lowest BCUT2D eigenvalue weighted by Gasteiger charge is -2.34. The molecule has 4 aromatic carbocycles. The molecule has 1 saturated heterocycles. The standard InChI is InChI=1S/C41H38FN2O11PS3/c1-26-34(22-27-5-13-32(14-6-27)59(2)50)33-15-7-28(42)23-36(33)35(26)25-40(46)53-30-10-16-38(55-39(45)4-3-19-52-44(48)49)37(24-30)41(47)54-29-8-11-31(12-9-29)56(57,58)43-17-20-51-21-18-43/h5-16,22-24H,3-4,17-21,25H2,1-2H3,(H,57,58)/b34-22-. The fourth-order valence-corrected chi connectivity index (χ4v) is 10.3. The minimum atomic E-state index is -2.40. The number of fused-ring (bicyclic) bond motifs is 1. The van der Waals surface area contributed by atoms with E-state index in [2.05, 4.69) is 9.51 Å². The SMILES string of the molecule is CC1=C(CC(=O)Oc2ccc(OC(=O)CCCO[N+](=O)[O-])c(C(=O)Oc3ccc(P(=S)(S)N4CCOCC4)cc3)c2)c2cc(F)ccc2/C1=C\c1ccc(S(C)=O)cc1. The van der Waals surface area contributed by atoms with Gasteiger partial charge in [-0.3, -0.25) is 18.5 Å². The van der Waals surface area contributed by atoms with Gasteiger partial charge in [-0.25, -0.2) is 9.18 Å². The van der Waals surface area contributed by atoms with Gasteiger partial charge in [-0.05, 0) is 120 Å². The summed E-state index contributed by atoms with van der Waals surface area (Å²) in [5, 5.41) is 7.89. The number of carbonyl (C=O) groups excluding carboxylic acids is 3. The molecular weight excluding hydrogens is 843 g/mol. The van der Waals surface area contributed by atoms with Gasteiger partial charge in [-0.1, -0.05) is 30.0 Å². The zero-order valence-electron chi connectivity index (χ0n) is 31.8. The Morgan fingerprint density at radius 1 is 0.949 bits per heavy atom. The first-order valence-electron chi connectivity index (χ1n) is 18.2. The number of halogens is 1. The Morgan fingerprint density at radius 3 is 2.32 bits per heavy atom. The van der Waals surface area contributed by atoms with Crippen molar-refractivity contribution in [1.82, 2.24) is 4.67 Å². The number of morpholine rings is 1. The maximum atomic E-state index is 14.6. The van der Waals surface area contributed by atoms with Gasteiger partial charge in [-0.2, -0.15) is 0 Å². The maximum Gasteiger partial charge on any atom is 0.347 e. The molecule has 2 unspecified atom stereocenters. The summed E-state index contributed by atoms with van der Waals surface area (Å²) in [4.78, 5) is 55.3. The van der Waals surface area contributed by atoms with Crippen molar-refractivity contribution in [3.63, 3.8) is 0 Å². The first kappa shape index (κ1) is 43.5. The monoisotopic (exact) mass is 880 g/mol. The van der Waals surface area contributed by atoms with E-state index in [1.165, 1.54) is 30.3 Å². The third-order valence-corrected chi connectivity index (χ3v) is 15.3. The number of ether oxygens (including phenoxy) is 4. The number of esters is 3. The van der Waals surface area contributed by atoms with Crippen LogP contribution in [0.2, 0.25) is 0 Å². The van der Waals surface area contributed by atoms with Crippen LogP contribution in [0.5, 0.6) is 17.2 Å². The van der Waals surface area contributed by atoms with Crippen LogP contribution < -0.4 is 19.5 Å². The van der Waals surface area contributed by atoms with Crippen molar-refractivity contribution in [2.24, 2.45) is 0 Å². The molecule has 1 aliphatic carbocycles. The Bertz CT molecular complexity index is 2420. The van der Waals surface area contributed by atoms with Gasteiger partial charge in [-0.15, -0.1) is 22.4 Å². The van der Waals surface area contributed by atoms with E-state index in [0.29, 0.717) is 42.3 Å². The molecule has 1 fully saturated rings. The van der Waals surface area contributed by atoms with E-state index in [0.717, 1.165) is 27.6 Å². The Hall–Kier alpha value is -5.03. The lowest BCUT2D eigenvalue weighted by molar-refractivity contribution is -0.757. The van der Waals surface area contributed by atoms with E-state index in [1.807, 2.05) is 25.1 Å². The van der Waals surface area contributed by atoms with Gasteiger partial charge in [0.1, 0.15) is 28.6 Å². The fourth-order valence-electron chi connectivity index (χ4n) is 6.42. The molecule has 308 valence electrons. The van der Waals surface area contributed by atoms with Gasteiger partial charge in [0.05, 0.1) is 31.6 Å². The normalized spacial score (nSPS) is 16.2. The molecular formula is C41H38FN2O11PS3. The molecule has 0 spiro atoms. The molecule has 0 radical (unpaired) electrons. The number of nitrogens with zero attached hydrogens (tertiary/aromatic N) is 2. The first-order valence-corrected chi connectivity index (χ1v) is 23.6. The predicted molar refractivity (Wildman–Crippen MR) is 227 cm³/mol. The number of thiol groups is 1. The van der Waals surface area contributed by atoms with Gasteiger partial charge < -0.3 is 23.8 Å². The summed E-state index contributed by atoms with van der Waals surface area (Å²) < 4.78 is 50.8. The maximum absolute atomic E-state index is 14.6. The van der Waals surface area contributed by atoms with E-state index in [-0.39, 0.29) is 48.7 Å². The first-order chi connectivity index (χ1) is 28.2. The summed E-state index contributed by atoms with van der Waals surface area (Å²) in [5.74, 6) is -3.10. The van der Waals surface area contributed by atoms with Gasteiger partial charge in [0.2, 0.25) is 0 Å². The summed E-state index contributed by atoms with van der Waals surface area (Å²) in [5.41, 5.74) is 3.85. The molecule has 18 heteroatoms. The van der Waals surface area contributed by atoms with Crippen LogP contribution in [0.4, 0.5) is 4.39 Å². The number of allylic oxidation sites excluding steroid dienone is 2. The summed E-state index contributed by atoms with van der Waals surface area (Å²) in [7, 11) is -1.14. The lowest BCUT2D eigenvalue weighted by atomic mass is 10.0. The van der Waals surface area contributed by atoms with Crippen LogP contribution in [-0.2, 0) is 41.8 Å². The molecule has 1 heterocycles. The fraction of sp³-hybridized carbons (Fsp3) is 0.244. The molecule has 2 atom stereocenters. The summed E-state index contributed by atoms with van der Waals surface area (Å²) in [6, 6.07) is 21.9. The van der Waals surface area contributed by atoms with E-state index < -0.39 is 45.0 Å². The van der Waals surface area contributed by atoms with Crippen LogP contribution in [-0.4, -0.2) is 71.0 Å². The van der Waals surface area contributed by atoms with Crippen molar-refractivity contribution in [1.29, 1.82) is 0 Å². The third kappa shape index (κ3) is 11.0. The average Bonchev–Trinajstić information content (AvgIpc) is 3.45. The topological polar surface area (TPSA) is 161 Å². The van der Waals surface area contributed by atoms with E-state index >= 15 is 0 Å². The van der Waals surface area contributed by atoms with Gasteiger partial charge in [0, 0.05) is 46.8 Å². The quantitative estimate of drug-likeness (QED) is 0.0243. The van der Waals surface area contributed by atoms with Crippen molar-refractivity contribution in [2.45, 2.75) is 31.1 Å². The molecule has 0 aromatic heterocycles. The zero-order chi connectivity index (χ0) is 42.3. The van der Waals surface area contributed by atoms with Crippen molar-refractivity contribution < 1.29 is 51.9 Å². The summed E-state index contributed by atoms with van der Waals surface area (Å²) in [6.07, 6.45) is 2.94. The Labute approximate surface area is 351 Å². The highest BCUT2D eigenvalue weighted by molar-refractivity contribution is 8.65. The summed E-state index contributed by atoms with van der Waals surface area (Å²) in [6.45, 7) is 3.87. The van der Waals surface area contributed by atoms with Crippen LogP contribution in [0, 0.1) is 15.9 Å². The molecule has 6 rings (SSSR count). The van der Waals surface area contributed by atoms with Crippen LogP contribution in [0.1, 0.15) is 53.2 Å². The molecule has 13 nitrogen and oxygen atoms in total. The van der Waals surface area contributed by atoms with Gasteiger partial charge in [0.15, 0.2) is 0 Å². The highest BCUT2D eigenvalue weighted by atomic mass is 32.9. The predicted octanol–water partition coefficient (Wildman–Crippen LogP) is 7.20. The molecule has 0 saturated carbocycles. The third-order valence-electron chi connectivity index (χ3n) is 9.40. The Kier molecular flexibility index (Phi) is 14.3. The van der Waals surface area contributed by atoms with Crippen LogP contribution in [0.25, 0.3) is 17.2 Å². The molecule has 0 N–H and O–H groups in total. The number of rotatable bonds is 15. The molecule has 2 aliphatic rings. The van der Waals surface area contributed by atoms with Gasteiger partial charge in [0.25, 0.3) is 5.09 Å². The molecule has 0 amide bonds. The van der Waals surface area contributed by atoms with Crippen molar-refractivity contribution in [3.05, 3.63) is 129 Å². The second-order valence-corrected chi connectivity index (χ2v) is 21.0. The van der Waals surface area contributed by atoms with E-state index in [9.17, 15) is 33.1 Å². The molecule has 59 heavy (non-hydrogen) atoms. The molecule has 0 bridgehead atoms. The minimum Gasteiger partial charge on any atom is -0.426 e. The van der Waals surface area contributed by atoms with Crippen molar-refractivity contribution in [3.8, 4) is 17.2 Å². The van der Waals surface area contributed by atoms with Crippen LogP contribution in [0.3, 0.4) is 0 Å². The van der Waals surface area contributed by atoms with Crippen LogP contribution in [0.15, 0.2) is 95.4 Å². The Balaban J connectivity index is 1.23. The van der Waals surface area contributed by atoms with E-state index in [4.69, 9.17) is 43.0 Å². The van der Waals surface area contributed by atoms with E-state index in [1.54, 1.807) is 48.7 Å². The highest BCUT2D eigenvalue weighted by Crippen LogP contribution is 2.53. The zero-order valence-corrected chi connectivity index (χ0v) is 35.2. The highest BCUT2D eigenvalue weighted by Gasteiger charge is 2.28. The number of hydrogen-bond acceptors (Lipinski definition) is 12. The number of hydrogen-bond donors (Lipinski definition) is 1. The van der Waals surface area contributed by atoms with Crippen molar-refractivity contribution in [2.75, 3.05) is 39.2 Å². The second kappa shape index (κ2) is 19.4. The average molecular weight is 881 g/mol. The molecule has 4 aromatic rings. The van der Waals surface area contributed by atoms with Crippen LogP contribution >= 0.6 is 17.6 Å². The largest absolute Gasteiger partial charge is 0.426 e. The number of carbonyl (C=O) groups is 3. The van der Waals surface area contributed by atoms with Crippen molar-refractivity contribution >= 4 is 80.7 Å². The molecule has 1 aliphatic heterocycles. The smallest absolute Gasteiger partial charge is 0.347 e.